The van der Waals surface area contributed by atoms with E-state index < -0.39 is 4.92 Å². The van der Waals surface area contributed by atoms with E-state index in [2.05, 4.69) is 5.32 Å². The SMILES string of the molecule is CC(C#N)CNC(=O)C=Cc1ccccc1[N+](=O)[O-]. The Kier molecular flexibility index (Phi) is 5.23. The van der Waals surface area contributed by atoms with Crippen molar-refractivity contribution in [2.24, 2.45) is 5.92 Å². The highest BCUT2D eigenvalue weighted by Gasteiger charge is 2.09. The molecule has 1 aromatic rings. The average molecular weight is 259 g/mol. The molecule has 6 heteroatoms. The number of hydrogen-bond acceptors (Lipinski definition) is 4. The van der Waals surface area contributed by atoms with Gasteiger partial charge < -0.3 is 5.32 Å². The molecule has 0 saturated heterocycles. The minimum absolute atomic E-state index is 0.0584. The zero-order chi connectivity index (χ0) is 14.3. The minimum Gasteiger partial charge on any atom is -0.351 e. The Morgan fingerprint density at radius 3 is 2.89 bits per heavy atom. The Morgan fingerprint density at radius 2 is 2.26 bits per heavy atom. The number of amides is 1. The summed E-state index contributed by atoms with van der Waals surface area (Å²) in [4.78, 5) is 21.7. The maximum absolute atomic E-state index is 11.4. The third-order valence-corrected chi connectivity index (χ3v) is 2.35. The molecule has 0 spiro atoms. The fourth-order valence-electron chi connectivity index (χ4n) is 1.32. The average Bonchev–Trinajstić information content (AvgIpc) is 2.42. The molecular formula is C13H13N3O3. The van der Waals surface area contributed by atoms with Crippen LogP contribution in [0.4, 0.5) is 5.69 Å². The van der Waals surface area contributed by atoms with Crippen molar-refractivity contribution >= 4 is 17.7 Å². The molecule has 0 aliphatic rings. The van der Waals surface area contributed by atoms with Gasteiger partial charge in [0, 0.05) is 18.7 Å². The Morgan fingerprint density at radius 1 is 1.58 bits per heavy atom. The molecule has 0 aromatic heterocycles. The summed E-state index contributed by atoms with van der Waals surface area (Å²) in [6.45, 7) is 1.93. The van der Waals surface area contributed by atoms with Crippen LogP contribution in [0, 0.1) is 27.4 Å². The molecule has 0 fully saturated rings. The number of benzene rings is 1. The quantitative estimate of drug-likeness (QED) is 0.496. The molecule has 1 rings (SSSR count). The zero-order valence-electron chi connectivity index (χ0n) is 10.4. The van der Waals surface area contributed by atoms with Crippen LogP contribution in [0.25, 0.3) is 6.08 Å². The molecule has 1 aromatic carbocycles. The normalized spacial score (nSPS) is 11.8. The van der Waals surface area contributed by atoms with Crippen LogP contribution in [0.1, 0.15) is 12.5 Å². The van der Waals surface area contributed by atoms with Gasteiger partial charge in [-0.05, 0) is 19.1 Å². The number of hydrogen-bond donors (Lipinski definition) is 1. The van der Waals surface area contributed by atoms with Crippen LogP contribution in [0.5, 0.6) is 0 Å². The lowest BCUT2D eigenvalue weighted by Gasteiger charge is -2.02. The van der Waals surface area contributed by atoms with Crippen molar-refractivity contribution in [2.75, 3.05) is 6.54 Å². The van der Waals surface area contributed by atoms with Crippen LogP contribution < -0.4 is 5.32 Å². The summed E-state index contributed by atoms with van der Waals surface area (Å²) in [5.41, 5.74) is 0.299. The Balaban J connectivity index is 2.69. The molecule has 0 aliphatic carbocycles. The minimum atomic E-state index is -0.505. The van der Waals surface area contributed by atoms with Gasteiger partial charge in [0.2, 0.25) is 5.91 Å². The highest BCUT2D eigenvalue weighted by molar-refractivity contribution is 5.92. The van der Waals surface area contributed by atoms with Gasteiger partial charge in [0.15, 0.2) is 0 Å². The van der Waals surface area contributed by atoms with E-state index in [1.54, 1.807) is 25.1 Å². The molecule has 0 aliphatic heterocycles. The predicted octanol–water partition coefficient (Wildman–Crippen LogP) is 1.88. The molecule has 1 amide bonds. The van der Waals surface area contributed by atoms with Crippen LogP contribution >= 0.6 is 0 Å². The van der Waals surface area contributed by atoms with Gasteiger partial charge in [-0.3, -0.25) is 14.9 Å². The highest BCUT2D eigenvalue weighted by atomic mass is 16.6. The van der Waals surface area contributed by atoms with E-state index in [4.69, 9.17) is 5.26 Å². The third kappa shape index (κ3) is 4.60. The standard InChI is InChI=1S/C13H13N3O3/c1-10(8-14)9-15-13(17)7-6-11-4-2-3-5-12(11)16(18)19/h2-7,10H,9H2,1H3,(H,15,17). The summed E-state index contributed by atoms with van der Waals surface area (Å²) >= 11 is 0. The first-order chi connectivity index (χ1) is 9.04. The Labute approximate surface area is 110 Å². The molecule has 6 nitrogen and oxygen atoms in total. The van der Waals surface area contributed by atoms with Crippen LogP contribution in [0.2, 0.25) is 0 Å². The molecule has 0 saturated carbocycles. The van der Waals surface area contributed by atoms with E-state index in [1.165, 1.54) is 18.2 Å². The second-order valence-corrected chi connectivity index (χ2v) is 3.92. The van der Waals surface area contributed by atoms with E-state index in [0.29, 0.717) is 5.56 Å². The first-order valence-electron chi connectivity index (χ1n) is 5.63. The van der Waals surface area contributed by atoms with Gasteiger partial charge in [0.1, 0.15) is 0 Å². The fraction of sp³-hybridized carbons (Fsp3) is 0.231. The molecular weight excluding hydrogens is 246 g/mol. The van der Waals surface area contributed by atoms with Crippen LogP contribution in [-0.2, 0) is 4.79 Å². The van der Waals surface area contributed by atoms with Gasteiger partial charge in [0.05, 0.1) is 22.5 Å². The van der Waals surface area contributed by atoms with E-state index in [1.807, 2.05) is 6.07 Å². The van der Waals surface area contributed by atoms with Gasteiger partial charge in [-0.15, -0.1) is 0 Å². The number of nitro benzene ring substituents is 1. The predicted molar refractivity (Wildman–Crippen MR) is 69.9 cm³/mol. The summed E-state index contributed by atoms with van der Waals surface area (Å²) in [6.07, 6.45) is 2.59. The number of nitrogens with zero attached hydrogens (tertiary/aromatic N) is 2. The first kappa shape index (κ1) is 14.4. The lowest BCUT2D eigenvalue weighted by Crippen LogP contribution is -2.25. The largest absolute Gasteiger partial charge is 0.351 e. The Bertz CT molecular complexity index is 546. The van der Waals surface area contributed by atoms with E-state index in [0.717, 1.165) is 0 Å². The van der Waals surface area contributed by atoms with Crippen LogP contribution in [0.15, 0.2) is 30.3 Å². The molecule has 0 radical (unpaired) electrons. The third-order valence-electron chi connectivity index (χ3n) is 2.35. The molecule has 98 valence electrons. The van der Waals surface area contributed by atoms with Gasteiger partial charge >= 0.3 is 0 Å². The number of rotatable bonds is 5. The van der Waals surface area contributed by atoms with Gasteiger partial charge in [0.25, 0.3) is 5.69 Å². The highest BCUT2D eigenvalue weighted by Crippen LogP contribution is 2.18. The number of carbonyl (C=O) groups is 1. The van der Waals surface area contributed by atoms with Crippen LogP contribution in [-0.4, -0.2) is 17.4 Å². The molecule has 1 unspecified atom stereocenters. The van der Waals surface area contributed by atoms with Gasteiger partial charge in [-0.1, -0.05) is 12.1 Å². The number of carbonyl (C=O) groups excluding carboxylic acids is 1. The number of nitrogens with one attached hydrogen (secondary N) is 1. The zero-order valence-corrected chi connectivity index (χ0v) is 10.4. The monoisotopic (exact) mass is 259 g/mol. The fourth-order valence-corrected chi connectivity index (χ4v) is 1.32. The second kappa shape index (κ2) is 6.91. The summed E-state index contributed by atoms with van der Waals surface area (Å²) in [5, 5.41) is 21.8. The lowest BCUT2D eigenvalue weighted by molar-refractivity contribution is -0.385. The smallest absolute Gasteiger partial charge is 0.276 e. The molecule has 19 heavy (non-hydrogen) atoms. The molecule has 1 N–H and O–H groups in total. The van der Waals surface area contributed by atoms with E-state index >= 15 is 0 Å². The Hall–Kier alpha value is -2.68. The summed E-state index contributed by atoms with van der Waals surface area (Å²) < 4.78 is 0. The lowest BCUT2D eigenvalue weighted by atomic mass is 10.1. The van der Waals surface area contributed by atoms with Gasteiger partial charge in [-0.25, -0.2) is 0 Å². The molecule has 0 bridgehead atoms. The maximum Gasteiger partial charge on any atom is 0.276 e. The van der Waals surface area contributed by atoms with Crippen molar-refractivity contribution in [3.8, 4) is 6.07 Å². The summed E-state index contributed by atoms with van der Waals surface area (Å²) in [5.74, 6) is -0.663. The van der Waals surface area contributed by atoms with Crippen molar-refractivity contribution < 1.29 is 9.72 Å². The number of para-hydroxylation sites is 1. The van der Waals surface area contributed by atoms with Gasteiger partial charge in [-0.2, -0.15) is 5.26 Å². The first-order valence-corrected chi connectivity index (χ1v) is 5.63. The molecule has 0 heterocycles. The topological polar surface area (TPSA) is 96.0 Å². The summed E-state index contributed by atoms with van der Waals surface area (Å²) in [6, 6.07) is 8.13. The van der Waals surface area contributed by atoms with Crippen molar-refractivity contribution in [1.29, 1.82) is 5.26 Å². The van der Waals surface area contributed by atoms with Crippen molar-refractivity contribution in [1.82, 2.24) is 5.32 Å². The van der Waals surface area contributed by atoms with Crippen molar-refractivity contribution in [3.63, 3.8) is 0 Å². The van der Waals surface area contributed by atoms with E-state index in [-0.39, 0.29) is 24.1 Å². The van der Waals surface area contributed by atoms with Crippen molar-refractivity contribution in [2.45, 2.75) is 6.92 Å². The molecule has 1 atom stereocenters. The number of nitriles is 1. The van der Waals surface area contributed by atoms with Crippen LogP contribution in [0.3, 0.4) is 0 Å². The van der Waals surface area contributed by atoms with E-state index in [9.17, 15) is 14.9 Å². The second-order valence-electron chi connectivity index (χ2n) is 3.92. The number of nitro groups is 1. The van der Waals surface area contributed by atoms with Crippen molar-refractivity contribution in [3.05, 3.63) is 46.0 Å². The maximum atomic E-state index is 11.4. The summed E-state index contributed by atoms with van der Waals surface area (Å²) in [7, 11) is 0.